The Kier molecular flexibility index (Phi) is 9.36. The van der Waals surface area contributed by atoms with E-state index in [4.69, 9.17) is 19.0 Å². The van der Waals surface area contributed by atoms with Crippen LogP contribution in [0.15, 0.2) is 4.79 Å². The lowest BCUT2D eigenvalue weighted by Crippen LogP contribution is -2.36. The third-order valence-corrected chi connectivity index (χ3v) is 7.54. The van der Waals surface area contributed by atoms with Crippen LogP contribution in [0.3, 0.4) is 0 Å². The van der Waals surface area contributed by atoms with E-state index in [1.807, 2.05) is 38.4 Å². The molecule has 1 aliphatic heterocycles. The topological polar surface area (TPSA) is 204 Å². The first-order chi connectivity index (χ1) is 17.1. The molecular formula is C19H29N8O8P. The van der Waals surface area contributed by atoms with Gasteiger partial charge in [0.1, 0.15) is 6.10 Å². The first-order valence-electron chi connectivity index (χ1n) is 11.3. The minimum absolute atomic E-state index is 0.0503. The monoisotopic (exact) mass is 528 g/mol. The summed E-state index contributed by atoms with van der Waals surface area (Å²) in [6.45, 7) is 6.89. The average molecular weight is 528 g/mol. The summed E-state index contributed by atoms with van der Waals surface area (Å²) in [7, 11) is -1.65. The van der Waals surface area contributed by atoms with Crippen LogP contribution in [0.5, 0.6) is 0 Å². The van der Waals surface area contributed by atoms with Crippen molar-refractivity contribution in [2.24, 2.45) is 0 Å². The van der Waals surface area contributed by atoms with Crippen LogP contribution in [-0.4, -0.2) is 82.1 Å². The van der Waals surface area contributed by atoms with Gasteiger partial charge in [0.05, 0.1) is 36.9 Å². The molecule has 0 spiro atoms. The highest BCUT2D eigenvalue weighted by Gasteiger charge is 2.42. The Morgan fingerprint density at radius 1 is 1.36 bits per heavy atom. The van der Waals surface area contributed by atoms with Gasteiger partial charge in [-0.1, -0.05) is 5.21 Å². The molecule has 16 nitrogen and oxygen atoms in total. The molecule has 36 heavy (non-hydrogen) atoms. The van der Waals surface area contributed by atoms with Crippen molar-refractivity contribution in [2.75, 3.05) is 13.2 Å². The highest BCUT2D eigenvalue weighted by molar-refractivity contribution is 7.44. The molecule has 0 aliphatic carbocycles. The zero-order valence-corrected chi connectivity index (χ0v) is 21.2. The lowest BCUT2D eigenvalue weighted by molar-refractivity contribution is -0.388. The lowest BCUT2D eigenvalue weighted by atomic mass is 10.2. The van der Waals surface area contributed by atoms with Gasteiger partial charge in [0.15, 0.2) is 18.5 Å². The van der Waals surface area contributed by atoms with Crippen molar-refractivity contribution in [3.63, 3.8) is 0 Å². The van der Waals surface area contributed by atoms with Gasteiger partial charge in [-0.05, 0) is 32.6 Å². The molecule has 0 bridgehead atoms. The molecule has 1 fully saturated rings. The molecule has 3 rings (SSSR count). The van der Waals surface area contributed by atoms with Crippen LogP contribution >= 0.6 is 8.53 Å². The van der Waals surface area contributed by atoms with Gasteiger partial charge in [0.25, 0.3) is 8.53 Å². The van der Waals surface area contributed by atoms with Crippen LogP contribution in [-0.2, 0) is 20.5 Å². The second kappa shape index (κ2) is 12.1. The molecule has 4 unspecified atom stereocenters. The molecule has 0 saturated carbocycles. The van der Waals surface area contributed by atoms with Gasteiger partial charge < -0.3 is 34.1 Å². The second-order valence-corrected chi connectivity index (χ2v) is 9.90. The molecule has 0 amide bonds. The number of aliphatic hydroxyl groups excluding tert-OH is 2. The van der Waals surface area contributed by atoms with Crippen molar-refractivity contribution in [3.8, 4) is 6.07 Å². The number of fused-ring (bicyclic) bond motifs is 1. The van der Waals surface area contributed by atoms with E-state index in [9.17, 15) is 25.1 Å². The zero-order valence-electron chi connectivity index (χ0n) is 20.3. The molecule has 0 aromatic carbocycles. The maximum atomic E-state index is 13.1. The summed E-state index contributed by atoms with van der Waals surface area (Å²) in [6, 6.07) is 2.13. The van der Waals surface area contributed by atoms with Crippen LogP contribution in [0.4, 0.5) is 5.82 Å². The third kappa shape index (κ3) is 5.68. The maximum Gasteiger partial charge on any atom is 0.418 e. The highest BCUT2D eigenvalue weighted by atomic mass is 31.2. The smallest absolute Gasteiger partial charge is 0.394 e. The molecule has 0 radical (unpaired) electrons. The van der Waals surface area contributed by atoms with Gasteiger partial charge in [0, 0.05) is 18.5 Å². The van der Waals surface area contributed by atoms with Crippen molar-refractivity contribution >= 4 is 25.4 Å². The van der Waals surface area contributed by atoms with Gasteiger partial charge in [0.2, 0.25) is 5.52 Å². The summed E-state index contributed by atoms with van der Waals surface area (Å²) in [6.07, 6.45) is -2.28. The number of nitrogens with zero attached hydrogens (tertiary/aromatic N) is 8. The van der Waals surface area contributed by atoms with Crippen molar-refractivity contribution in [2.45, 2.75) is 77.8 Å². The number of aromatic nitrogens is 5. The fourth-order valence-corrected chi connectivity index (χ4v) is 5.69. The number of ether oxygens (including phenoxy) is 1. The van der Waals surface area contributed by atoms with Gasteiger partial charge in [-0.15, -0.1) is 9.78 Å². The fraction of sp³-hybridized carbons (Fsp3) is 0.737. The van der Waals surface area contributed by atoms with Crippen LogP contribution in [0.1, 0.15) is 46.8 Å². The zero-order chi connectivity index (χ0) is 26.6. The van der Waals surface area contributed by atoms with Crippen molar-refractivity contribution in [1.82, 2.24) is 29.4 Å². The Bertz CT molecular complexity index is 1160. The molecule has 2 aromatic rings. The molecule has 198 valence electrons. The Hall–Kier alpha value is -2.64. The molecule has 1 saturated heterocycles. The van der Waals surface area contributed by atoms with Crippen molar-refractivity contribution in [3.05, 3.63) is 20.5 Å². The number of nitro groups is 1. The lowest BCUT2D eigenvalue weighted by Gasteiger charge is -2.37. The number of aliphatic hydroxyl groups is 2. The number of hydrogen-bond donors (Lipinski definition) is 2. The number of rotatable bonds is 12. The molecule has 1 aliphatic rings. The molecule has 4 atom stereocenters. The second-order valence-electron chi connectivity index (χ2n) is 8.50. The largest absolute Gasteiger partial charge is 0.418 e. The molecule has 2 N–H and O–H groups in total. The van der Waals surface area contributed by atoms with E-state index in [0.29, 0.717) is 0 Å². The Morgan fingerprint density at radius 2 is 2.06 bits per heavy atom. The number of hydrogen-bond acceptors (Lipinski definition) is 13. The quantitative estimate of drug-likeness (QED) is 0.169. The highest BCUT2D eigenvalue weighted by Crippen LogP contribution is 2.49. The fourth-order valence-electron chi connectivity index (χ4n) is 3.93. The summed E-state index contributed by atoms with van der Waals surface area (Å²) in [5, 5.41) is 50.8. The molecule has 17 heteroatoms. The minimum atomic E-state index is -1.65. The van der Waals surface area contributed by atoms with E-state index >= 15 is 0 Å². The van der Waals surface area contributed by atoms with Crippen LogP contribution in [0, 0.1) is 21.4 Å². The first-order valence-corrected chi connectivity index (χ1v) is 12.4. The van der Waals surface area contributed by atoms with E-state index in [2.05, 4.69) is 15.4 Å². The first kappa shape index (κ1) is 27.9. The van der Waals surface area contributed by atoms with Crippen LogP contribution in [0.2, 0.25) is 0 Å². The number of nitriles is 1. The van der Waals surface area contributed by atoms with Gasteiger partial charge in [-0.25, -0.2) is 4.67 Å². The normalized spacial score (nSPS) is 21.1. The Labute approximate surface area is 207 Å². The van der Waals surface area contributed by atoms with Crippen LogP contribution < -0.4 is 5.56 Å². The Balaban J connectivity index is 1.91. The van der Waals surface area contributed by atoms with Crippen LogP contribution in [0.25, 0.3) is 11.0 Å². The van der Waals surface area contributed by atoms with Gasteiger partial charge in [-0.3, -0.25) is 4.79 Å². The van der Waals surface area contributed by atoms with Gasteiger partial charge >= 0.3 is 11.4 Å². The predicted octanol–water partition coefficient (Wildman–Crippen LogP) is 0.787. The summed E-state index contributed by atoms with van der Waals surface area (Å²) in [5.74, 6) is -0.708. The molecular weight excluding hydrogens is 499 g/mol. The molecule has 3 heterocycles. The van der Waals surface area contributed by atoms with Crippen molar-refractivity contribution < 1.29 is 28.9 Å². The van der Waals surface area contributed by atoms with E-state index in [-0.39, 0.29) is 42.6 Å². The molecule has 2 aromatic heterocycles. The van der Waals surface area contributed by atoms with E-state index in [1.165, 1.54) is 0 Å². The minimum Gasteiger partial charge on any atom is -0.394 e. The average Bonchev–Trinajstić information content (AvgIpc) is 3.40. The van der Waals surface area contributed by atoms with E-state index < -0.39 is 56.6 Å². The van der Waals surface area contributed by atoms with E-state index in [1.54, 1.807) is 0 Å². The summed E-state index contributed by atoms with van der Waals surface area (Å²) in [4.78, 5) is 23.6. The predicted molar refractivity (Wildman–Crippen MR) is 124 cm³/mol. The van der Waals surface area contributed by atoms with Gasteiger partial charge in [-0.2, -0.15) is 9.94 Å². The summed E-state index contributed by atoms with van der Waals surface area (Å²) >= 11 is 0. The third-order valence-electron chi connectivity index (χ3n) is 5.39. The standard InChI is InChI=1S/C19H29N8O8P/c1-11(2)26(12(3)4)36(33-7-5-6-20)35-13-8-15(34-14(13)9-28)25-19(30)17-16(21-23-25)18(27(31)32)22-24(17)10-29/h11-15,28-29H,5,7-10H2,1-4H3. The van der Waals surface area contributed by atoms with Crippen molar-refractivity contribution in [1.29, 1.82) is 5.26 Å². The maximum absolute atomic E-state index is 13.1. The summed E-state index contributed by atoms with van der Waals surface area (Å²) in [5.41, 5.74) is -1.48. The Morgan fingerprint density at radius 3 is 2.61 bits per heavy atom. The van der Waals surface area contributed by atoms with E-state index in [0.717, 1.165) is 9.36 Å². The summed E-state index contributed by atoms with van der Waals surface area (Å²) < 4.78 is 21.7. The SMILES string of the molecule is CC(C)N(C(C)C)P(OCCC#N)OC1CC(n2nnc3c([N+](=O)[O-])nn(CO)c3c2=O)OC1CO.